The zero-order valence-electron chi connectivity index (χ0n) is 18.5. The monoisotopic (exact) mass is 446 g/mol. The minimum absolute atomic E-state index is 0.102. The van der Waals surface area contributed by atoms with Crippen LogP contribution in [0.1, 0.15) is 43.1 Å². The molecule has 1 aromatic heterocycles. The molecule has 4 rings (SSSR count). The Labute approximate surface area is 186 Å². The van der Waals surface area contributed by atoms with Crippen molar-refractivity contribution >= 4 is 11.6 Å². The molecule has 2 aliphatic rings. The Hall–Kier alpha value is -2.61. The first-order valence-corrected chi connectivity index (χ1v) is 10.9. The minimum Gasteiger partial charge on any atom is -0.380 e. The normalized spacial score (nSPS) is 22.9. The quantitative estimate of drug-likeness (QED) is 0.727. The van der Waals surface area contributed by atoms with Gasteiger partial charge in [-0.15, -0.1) is 0 Å². The van der Waals surface area contributed by atoms with E-state index < -0.39 is 24.0 Å². The molecule has 1 aliphatic heterocycles. The lowest BCUT2D eigenvalue weighted by atomic mass is 9.83. The fourth-order valence-electron chi connectivity index (χ4n) is 4.94. The maximum Gasteiger partial charge on any atom is 0.414 e. The summed E-state index contributed by atoms with van der Waals surface area (Å²) in [4.78, 5) is 17.5. The van der Waals surface area contributed by atoms with Crippen molar-refractivity contribution in [3.63, 3.8) is 0 Å². The van der Waals surface area contributed by atoms with Crippen LogP contribution in [-0.4, -0.2) is 48.1 Å². The number of pyridine rings is 1. The summed E-state index contributed by atoms with van der Waals surface area (Å²) in [6, 6.07) is 9.30. The van der Waals surface area contributed by atoms with Crippen molar-refractivity contribution in [3.05, 3.63) is 59.4 Å². The zero-order valence-corrected chi connectivity index (χ0v) is 18.5. The molecular weight excluding hydrogens is 417 g/mol. The van der Waals surface area contributed by atoms with E-state index >= 15 is 0 Å². The third-order valence-corrected chi connectivity index (χ3v) is 6.87. The van der Waals surface area contributed by atoms with Gasteiger partial charge in [-0.3, -0.25) is 9.78 Å². The molecule has 0 saturated carbocycles. The molecule has 1 aliphatic carbocycles. The molecule has 0 unspecified atom stereocenters. The summed E-state index contributed by atoms with van der Waals surface area (Å²) in [5.41, 5.74) is 2.92. The summed E-state index contributed by atoms with van der Waals surface area (Å²) >= 11 is 0. The minimum atomic E-state index is -4.62. The van der Waals surface area contributed by atoms with Gasteiger partial charge in [0.25, 0.3) is 0 Å². The second kappa shape index (κ2) is 8.39. The Morgan fingerprint density at radius 3 is 2.59 bits per heavy atom. The third-order valence-electron chi connectivity index (χ3n) is 6.87. The number of anilines is 1. The number of carbonyl (C=O) groups is 1. The van der Waals surface area contributed by atoms with Gasteiger partial charge in [-0.05, 0) is 42.6 Å². The van der Waals surface area contributed by atoms with E-state index in [-0.39, 0.29) is 17.2 Å². The summed E-state index contributed by atoms with van der Waals surface area (Å²) in [6.07, 6.45) is -1.80. The van der Waals surface area contributed by atoms with Gasteiger partial charge in [-0.2, -0.15) is 13.2 Å². The number of alkyl halides is 3. The smallest absolute Gasteiger partial charge is 0.380 e. The van der Waals surface area contributed by atoms with E-state index in [4.69, 9.17) is 0 Å². The molecule has 1 amide bonds. The molecule has 3 atom stereocenters. The van der Waals surface area contributed by atoms with Crippen molar-refractivity contribution in [2.75, 3.05) is 25.5 Å². The highest BCUT2D eigenvalue weighted by atomic mass is 19.4. The molecule has 0 spiro atoms. The van der Waals surface area contributed by atoms with Gasteiger partial charge in [-0.1, -0.05) is 38.1 Å². The molecule has 1 aromatic carbocycles. The lowest BCUT2D eigenvalue weighted by Crippen LogP contribution is -2.43. The molecular formula is C24H29F3N4O. The third kappa shape index (κ3) is 4.20. The number of aromatic nitrogens is 1. The number of fused-ring (bicyclic) bond motifs is 1. The molecule has 5 nitrogen and oxygen atoms in total. The number of carbonyl (C=O) groups excluding carboxylic acids is 1. The zero-order chi connectivity index (χ0) is 23.1. The van der Waals surface area contributed by atoms with Gasteiger partial charge in [0.05, 0.1) is 23.5 Å². The fraction of sp³-hybridized carbons (Fsp3) is 0.500. The highest BCUT2D eigenvalue weighted by Gasteiger charge is 2.47. The lowest BCUT2D eigenvalue weighted by Gasteiger charge is -2.32. The van der Waals surface area contributed by atoms with Crippen LogP contribution < -0.4 is 10.6 Å². The van der Waals surface area contributed by atoms with Crippen LogP contribution in [0.2, 0.25) is 0 Å². The molecule has 1 fully saturated rings. The van der Waals surface area contributed by atoms with Crippen LogP contribution in [0.5, 0.6) is 0 Å². The van der Waals surface area contributed by atoms with Crippen molar-refractivity contribution < 1.29 is 18.0 Å². The first-order valence-electron chi connectivity index (χ1n) is 10.9. The molecule has 8 heteroatoms. The number of hydrogen-bond donors (Lipinski definition) is 2. The summed E-state index contributed by atoms with van der Waals surface area (Å²) in [5, 5.41) is 6.48. The van der Waals surface area contributed by atoms with E-state index in [9.17, 15) is 18.0 Å². The van der Waals surface area contributed by atoms with Gasteiger partial charge in [-0.25, -0.2) is 0 Å². The first kappa shape index (κ1) is 22.6. The average molecular weight is 447 g/mol. The molecule has 2 aromatic rings. The molecule has 172 valence electrons. The van der Waals surface area contributed by atoms with Crippen LogP contribution in [-0.2, 0) is 16.6 Å². The number of halogens is 3. The van der Waals surface area contributed by atoms with Crippen molar-refractivity contribution in [1.82, 2.24) is 15.2 Å². The second-order valence-corrected chi connectivity index (χ2v) is 9.33. The number of amides is 1. The number of nitrogens with zero attached hydrogens (tertiary/aromatic N) is 2. The number of hydrogen-bond acceptors (Lipinski definition) is 4. The largest absolute Gasteiger partial charge is 0.414 e. The van der Waals surface area contributed by atoms with Gasteiger partial charge in [0, 0.05) is 25.0 Å². The van der Waals surface area contributed by atoms with Gasteiger partial charge in [0.15, 0.2) is 6.04 Å². The summed E-state index contributed by atoms with van der Waals surface area (Å²) in [6.45, 7) is 5.37. The predicted molar refractivity (Wildman–Crippen MR) is 117 cm³/mol. The maximum absolute atomic E-state index is 13.9. The second-order valence-electron chi connectivity index (χ2n) is 9.33. The molecule has 0 bridgehead atoms. The summed E-state index contributed by atoms with van der Waals surface area (Å²) in [7, 11) is 1.21. The number of benzene rings is 1. The Balaban J connectivity index is 1.52. The van der Waals surface area contributed by atoms with Crippen molar-refractivity contribution in [2.24, 2.45) is 5.92 Å². The van der Waals surface area contributed by atoms with Gasteiger partial charge in [0.2, 0.25) is 5.91 Å². The summed E-state index contributed by atoms with van der Waals surface area (Å²) in [5.74, 6) is -0.941. The fourth-order valence-corrected chi connectivity index (χ4v) is 4.94. The van der Waals surface area contributed by atoms with E-state index in [0.717, 1.165) is 11.3 Å². The average Bonchev–Trinajstić information content (AvgIpc) is 3.35. The Bertz CT molecular complexity index is 968. The first-order chi connectivity index (χ1) is 15.1. The van der Waals surface area contributed by atoms with Crippen molar-refractivity contribution in [3.8, 4) is 0 Å². The van der Waals surface area contributed by atoms with E-state index in [1.165, 1.54) is 30.4 Å². The van der Waals surface area contributed by atoms with E-state index in [1.807, 2.05) is 12.1 Å². The number of nitrogens with one attached hydrogen (secondary N) is 2. The van der Waals surface area contributed by atoms with Crippen LogP contribution >= 0.6 is 0 Å². The van der Waals surface area contributed by atoms with E-state index in [1.54, 1.807) is 6.07 Å². The van der Waals surface area contributed by atoms with Crippen LogP contribution in [0.25, 0.3) is 0 Å². The van der Waals surface area contributed by atoms with Gasteiger partial charge >= 0.3 is 6.18 Å². The van der Waals surface area contributed by atoms with Crippen LogP contribution in [0.15, 0.2) is 42.6 Å². The highest BCUT2D eigenvalue weighted by molar-refractivity contribution is 5.79. The molecule has 2 N–H and O–H groups in total. The van der Waals surface area contributed by atoms with Crippen LogP contribution in [0.3, 0.4) is 0 Å². The standard InChI is InChI=1S/C24H29F3N4O/c1-23(2)18-7-5-4-6-15(18)12-20(23)30-17-8-9-19(29-14-17)21(24(25,26)27)31(3)22(32)16-10-11-28-13-16/h4-9,14,16,20-21,28,30H,10-13H2,1-3H3/t16-,20-,21-/m0/s1. The highest BCUT2D eigenvalue weighted by Crippen LogP contribution is 2.40. The Kier molecular flexibility index (Phi) is 5.92. The SMILES string of the molecule is CN(C(=O)[C@H]1CCNC1)[C@@H](c1ccc(N[C@H]2Cc3ccccc3C2(C)C)cn1)C(F)(F)F. The number of rotatable bonds is 5. The van der Waals surface area contributed by atoms with Crippen molar-refractivity contribution in [1.29, 1.82) is 0 Å². The molecule has 2 heterocycles. The van der Waals surface area contributed by atoms with Gasteiger partial charge < -0.3 is 15.5 Å². The maximum atomic E-state index is 13.9. The predicted octanol–water partition coefficient (Wildman–Crippen LogP) is 4.07. The van der Waals surface area contributed by atoms with Crippen LogP contribution in [0, 0.1) is 5.92 Å². The Morgan fingerprint density at radius 1 is 1.25 bits per heavy atom. The molecule has 32 heavy (non-hydrogen) atoms. The topological polar surface area (TPSA) is 57.3 Å². The van der Waals surface area contributed by atoms with Crippen molar-refractivity contribution in [2.45, 2.75) is 50.4 Å². The summed E-state index contributed by atoms with van der Waals surface area (Å²) < 4.78 is 41.8. The van der Waals surface area contributed by atoms with E-state index in [0.29, 0.717) is 25.2 Å². The molecule has 0 radical (unpaired) electrons. The Morgan fingerprint density at radius 2 is 2.00 bits per heavy atom. The molecule has 1 saturated heterocycles. The lowest BCUT2D eigenvalue weighted by molar-refractivity contribution is -0.191. The van der Waals surface area contributed by atoms with Crippen LogP contribution in [0.4, 0.5) is 18.9 Å². The van der Waals surface area contributed by atoms with E-state index in [2.05, 4.69) is 41.6 Å². The van der Waals surface area contributed by atoms with Gasteiger partial charge in [0.1, 0.15) is 0 Å².